The third kappa shape index (κ3) is 7.78. The van der Waals surface area contributed by atoms with E-state index in [1.807, 2.05) is 45.0 Å². The molecule has 2 aromatic rings. The maximum Gasteiger partial charge on any atom is 0.246 e. The number of carbonyl (C=O) groups excluding carboxylic acids is 5. The summed E-state index contributed by atoms with van der Waals surface area (Å²) in [7, 11) is 1.55. The zero-order chi connectivity index (χ0) is 31.8. The fourth-order valence-corrected chi connectivity index (χ4v) is 6.21. The molecule has 1 unspecified atom stereocenters. The molecule has 3 heterocycles. The molecule has 0 spiro atoms. The Morgan fingerprint density at radius 2 is 1.68 bits per heavy atom. The molecular formula is C33H47N5O6. The van der Waals surface area contributed by atoms with Crippen LogP contribution in [0.3, 0.4) is 0 Å². The van der Waals surface area contributed by atoms with Crippen molar-refractivity contribution in [2.45, 2.75) is 109 Å². The van der Waals surface area contributed by atoms with Crippen LogP contribution in [-0.4, -0.2) is 76.9 Å². The van der Waals surface area contributed by atoms with Crippen molar-refractivity contribution in [3.63, 3.8) is 0 Å². The lowest BCUT2D eigenvalue weighted by molar-refractivity contribution is -0.147. The molecule has 2 fully saturated rings. The van der Waals surface area contributed by atoms with Gasteiger partial charge < -0.3 is 25.7 Å². The van der Waals surface area contributed by atoms with Gasteiger partial charge >= 0.3 is 0 Å². The summed E-state index contributed by atoms with van der Waals surface area (Å²) in [5, 5.41) is 9.66. The minimum absolute atomic E-state index is 0.152. The summed E-state index contributed by atoms with van der Waals surface area (Å²) in [5.74, 6) is -1.59. The number of fused-ring (bicyclic) bond motifs is 2. The van der Waals surface area contributed by atoms with Gasteiger partial charge in [-0.05, 0) is 49.7 Å². The van der Waals surface area contributed by atoms with Gasteiger partial charge in [0.2, 0.25) is 23.6 Å². The van der Waals surface area contributed by atoms with Crippen molar-refractivity contribution in [1.29, 1.82) is 0 Å². The lowest BCUT2D eigenvalue weighted by Gasteiger charge is -2.39. The van der Waals surface area contributed by atoms with Crippen molar-refractivity contribution in [2.24, 2.45) is 5.92 Å². The smallest absolute Gasteiger partial charge is 0.246 e. The van der Waals surface area contributed by atoms with Crippen LogP contribution in [0.1, 0.15) is 84.1 Å². The van der Waals surface area contributed by atoms with E-state index in [4.69, 9.17) is 4.84 Å². The number of benzene rings is 1. The number of amides is 4. The highest BCUT2D eigenvalue weighted by Gasteiger charge is 2.40. The van der Waals surface area contributed by atoms with Gasteiger partial charge in [0, 0.05) is 37.4 Å². The van der Waals surface area contributed by atoms with E-state index in [0.717, 1.165) is 35.7 Å². The van der Waals surface area contributed by atoms with E-state index < -0.39 is 36.0 Å². The third-order valence-electron chi connectivity index (χ3n) is 8.81. The largest absolute Gasteiger partial charge is 0.417 e. The molecule has 11 nitrogen and oxygen atoms in total. The van der Waals surface area contributed by atoms with Crippen molar-refractivity contribution < 1.29 is 28.8 Å². The molecule has 4 rings (SSSR count). The van der Waals surface area contributed by atoms with Crippen LogP contribution in [0, 0.1) is 5.92 Å². The van der Waals surface area contributed by atoms with Crippen LogP contribution in [0.2, 0.25) is 0 Å². The number of para-hydroxylation sites is 1. The second kappa shape index (κ2) is 15.2. The van der Waals surface area contributed by atoms with Gasteiger partial charge in [0.15, 0.2) is 0 Å². The molecular weight excluding hydrogens is 562 g/mol. The van der Waals surface area contributed by atoms with Gasteiger partial charge in [0.25, 0.3) is 0 Å². The van der Waals surface area contributed by atoms with Gasteiger partial charge in [0.1, 0.15) is 37.1 Å². The van der Waals surface area contributed by atoms with E-state index in [2.05, 4.69) is 16.0 Å². The Bertz CT molecular complexity index is 1350. The number of carbonyl (C=O) groups is 5. The fourth-order valence-electron chi connectivity index (χ4n) is 6.21. The molecule has 2 aliphatic rings. The molecule has 3 N–H and O–H groups in total. The molecule has 4 atom stereocenters. The van der Waals surface area contributed by atoms with Gasteiger partial charge in [-0.3, -0.25) is 24.0 Å². The number of nitrogens with one attached hydrogen (secondary N) is 3. The van der Waals surface area contributed by atoms with E-state index in [-0.39, 0.29) is 29.9 Å². The van der Waals surface area contributed by atoms with Gasteiger partial charge in [-0.1, -0.05) is 51.8 Å². The van der Waals surface area contributed by atoms with E-state index >= 15 is 0 Å². The first-order chi connectivity index (χ1) is 21.1. The second-order valence-corrected chi connectivity index (χ2v) is 12.3. The topological polar surface area (TPSA) is 139 Å². The fraction of sp³-hybridized carbons (Fsp3) is 0.606. The lowest BCUT2D eigenvalue weighted by atomic mass is 9.95. The molecule has 240 valence electrons. The van der Waals surface area contributed by atoms with Gasteiger partial charge in [0.05, 0.1) is 5.52 Å². The van der Waals surface area contributed by atoms with Crippen molar-refractivity contribution >= 4 is 40.3 Å². The lowest BCUT2D eigenvalue weighted by Crippen LogP contribution is -2.64. The molecule has 1 aromatic carbocycles. The number of nitrogens with zero attached hydrogens (tertiary/aromatic N) is 2. The highest BCUT2D eigenvalue weighted by Crippen LogP contribution is 2.24. The van der Waals surface area contributed by atoms with Crippen LogP contribution in [0.5, 0.6) is 0 Å². The maximum atomic E-state index is 13.9. The average molecular weight is 610 g/mol. The quantitative estimate of drug-likeness (QED) is 0.335. The molecule has 1 aromatic heterocycles. The average Bonchev–Trinajstić information content (AvgIpc) is 3.38. The van der Waals surface area contributed by atoms with Gasteiger partial charge in [-0.15, -0.1) is 0 Å². The van der Waals surface area contributed by atoms with Crippen molar-refractivity contribution in [2.75, 3.05) is 13.7 Å². The summed E-state index contributed by atoms with van der Waals surface area (Å²) >= 11 is 0. The third-order valence-corrected chi connectivity index (χ3v) is 8.81. The van der Waals surface area contributed by atoms with Crippen LogP contribution < -0.4 is 20.8 Å². The van der Waals surface area contributed by atoms with Gasteiger partial charge in [-0.2, -0.15) is 4.73 Å². The first kappa shape index (κ1) is 33.0. The summed E-state index contributed by atoms with van der Waals surface area (Å²) in [6.45, 7) is 5.98. The summed E-state index contributed by atoms with van der Waals surface area (Å²) in [6, 6.07) is 4.17. The Hall–Kier alpha value is -3.89. The van der Waals surface area contributed by atoms with Crippen LogP contribution >= 0.6 is 0 Å². The Morgan fingerprint density at radius 1 is 0.955 bits per heavy atom. The molecule has 0 radical (unpaired) electrons. The number of hydrogen-bond acceptors (Lipinski definition) is 6. The van der Waals surface area contributed by atoms with Crippen molar-refractivity contribution in [3.8, 4) is 0 Å². The van der Waals surface area contributed by atoms with Crippen LogP contribution in [0.4, 0.5) is 0 Å². The van der Waals surface area contributed by atoms with Gasteiger partial charge in [-0.25, -0.2) is 0 Å². The normalized spacial score (nSPS) is 23.3. The molecule has 0 saturated carbocycles. The minimum atomic E-state index is -1.01. The predicted octanol–water partition coefficient (Wildman–Crippen LogP) is 2.68. The van der Waals surface area contributed by atoms with Crippen molar-refractivity contribution in [1.82, 2.24) is 25.6 Å². The Labute approximate surface area is 259 Å². The number of aromatic nitrogens is 1. The number of unbranched alkanes of at least 4 members (excludes halogenated alkanes) is 2. The number of piperidine rings is 1. The highest BCUT2D eigenvalue weighted by molar-refractivity contribution is 5.98. The molecule has 2 saturated heterocycles. The molecule has 2 aliphatic heterocycles. The van der Waals surface area contributed by atoms with Crippen LogP contribution in [0.25, 0.3) is 10.9 Å². The Balaban J connectivity index is 1.65. The summed E-state index contributed by atoms with van der Waals surface area (Å²) in [5.41, 5.74) is 1.61. The Kier molecular flexibility index (Phi) is 11.4. The molecule has 0 bridgehead atoms. The minimum Gasteiger partial charge on any atom is -0.417 e. The SMILES string of the molecule is CCC(=O)CCCCC[C@@H]1NC(=O)[C@H]2CCCCN2C(=O)C(C(C)C)NC(=O)[C@H](Cc2cn(OC)c3ccccc23)NC1=O. The molecule has 0 aliphatic carbocycles. The molecule has 4 amide bonds. The van der Waals surface area contributed by atoms with E-state index in [1.165, 1.54) is 0 Å². The monoisotopic (exact) mass is 609 g/mol. The van der Waals surface area contributed by atoms with E-state index in [9.17, 15) is 24.0 Å². The summed E-state index contributed by atoms with van der Waals surface area (Å²) < 4.78 is 1.61. The number of ketones is 1. The molecule has 44 heavy (non-hydrogen) atoms. The predicted molar refractivity (Wildman–Crippen MR) is 167 cm³/mol. The standard InChI is InChI=1S/C33H47N5O6/c1-5-23(39)13-7-6-8-15-25-30(40)35-26(19-22-20-38(44-4)27-16-10-9-14-24(22)27)31(41)36-29(21(2)3)33(43)37-18-12-11-17-28(37)32(42)34-25/h9-10,14,16,20-21,25-26,28-29H,5-8,11-13,15,17-19H2,1-4H3,(H,34,42)(H,35,40)(H,36,41)/t25-,26-,28+,29?/m0/s1. The second-order valence-electron chi connectivity index (χ2n) is 12.3. The zero-order valence-corrected chi connectivity index (χ0v) is 26.4. The van der Waals surface area contributed by atoms with E-state index in [1.54, 1.807) is 22.9 Å². The van der Waals surface area contributed by atoms with E-state index in [0.29, 0.717) is 45.1 Å². The van der Waals surface area contributed by atoms with Crippen molar-refractivity contribution in [3.05, 3.63) is 36.0 Å². The summed E-state index contributed by atoms with van der Waals surface area (Å²) in [6.07, 6.45) is 7.41. The first-order valence-electron chi connectivity index (χ1n) is 16.0. The first-order valence-corrected chi connectivity index (χ1v) is 16.0. The van der Waals surface area contributed by atoms with Crippen LogP contribution in [0.15, 0.2) is 30.5 Å². The number of Topliss-reactive ketones (excluding diaryl/α,β-unsaturated/α-hetero) is 1. The molecule has 11 heteroatoms. The number of hydrogen-bond donors (Lipinski definition) is 3. The number of rotatable bonds is 11. The maximum absolute atomic E-state index is 13.9. The van der Waals surface area contributed by atoms with Crippen LogP contribution in [-0.2, 0) is 30.4 Å². The highest BCUT2D eigenvalue weighted by atomic mass is 16.6. The zero-order valence-electron chi connectivity index (χ0n) is 26.4. The summed E-state index contributed by atoms with van der Waals surface area (Å²) in [4.78, 5) is 74.1. The Morgan fingerprint density at radius 3 is 2.41 bits per heavy atom.